The molecule has 36 heavy (non-hydrogen) atoms. The second kappa shape index (κ2) is 8.47. The number of aliphatic hydroxyl groups is 1. The summed E-state index contributed by atoms with van der Waals surface area (Å²) in [7, 11) is 0. The van der Waals surface area contributed by atoms with Crippen molar-refractivity contribution >= 4 is 29.1 Å². The van der Waals surface area contributed by atoms with Gasteiger partial charge in [-0.1, -0.05) is 35.3 Å². The Morgan fingerprint density at radius 3 is 2.53 bits per heavy atom. The number of halogens is 3. The van der Waals surface area contributed by atoms with Gasteiger partial charge >= 0.3 is 0 Å². The molecule has 4 bridgehead atoms. The quantitative estimate of drug-likeness (QED) is 0.491. The van der Waals surface area contributed by atoms with Gasteiger partial charge in [-0.3, -0.25) is 14.3 Å². The monoisotopic (exact) mass is 529 g/mol. The van der Waals surface area contributed by atoms with E-state index in [-0.39, 0.29) is 17.1 Å². The first-order valence-corrected chi connectivity index (χ1v) is 12.9. The average Bonchev–Trinajstić information content (AvgIpc) is 3.07. The van der Waals surface area contributed by atoms with Crippen molar-refractivity contribution in [3.8, 4) is 5.69 Å². The highest BCUT2D eigenvalue weighted by atomic mass is 35.5. The summed E-state index contributed by atoms with van der Waals surface area (Å²) in [4.78, 5) is 27.2. The molecular weight excluding hydrogens is 504 g/mol. The van der Waals surface area contributed by atoms with Crippen molar-refractivity contribution in [2.45, 2.75) is 56.2 Å². The van der Waals surface area contributed by atoms with E-state index in [0.29, 0.717) is 34.5 Å². The number of hydrogen-bond acceptors (Lipinski definition) is 3. The zero-order valence-electron chi connectivity index (χ0n) is 19.5. The van der Waals surface area contributed by atoms with E-state index in [9.17, 15) is 19.1 Å². The first kappa shape index (κ1) is 23.8. The molecule has 6 nitrogen and oxygen atoms in total. The molecular formula is C27H26Cl2FN3O3. The van der Waals surface area contributed by atoms with Gasteiger partial charge in [-0.05, 0) is 86.3 Å². The Labute approximate surface area is 217 Å². The van der Waals surface area contributed by atoms with Crippen LogP contribution in [0.1, 0.15) is 54.4 Å². The van der Waals surface area contributed by atoms with Gasteiger partial charge in [0.25, 0.3) is 11.5 Å². The van der Waals surface area contributed by atoms with Crippen molar-refractivity contribution < 1.29 is 14.3 Å². The van der Waals surface area contributed by atoms with Crippen LogP contribution >= 0.6 is 23.2 Å². The van der Waals surface area contributed by atoms with Crippen LogP contribution in [-0.4, -0.2) is 31.5 Å². The molecule has 0 aliphatic heterocycles. The van der Waals surface area contributed by atoms with Crippen LogP contribution in [0.5, 0.6) is 0 Å². The van der Waals surface area contributed by atoms with E-state index in [0.717, 1.165) is 32.1 Å². The Morgan fingerprint density at radius 2 is 1.86 bits per heavy atom. The minimum atomic E-state index is -0.738. The Hall–Kier alpha value is -2.61. The summed E-state index contributed by atoms with van der Waals surface area (Å²) < 4.78 is 16.8. The Bertz CT molecular complexity index is 1420. The van der Waals surface area contributed by atoms with E-state index in [2.05, 4.69) is 5.32 Å². The van der Waals surface area contributed by atoms with Gasteiger partial charge in [0, 0.05) is 16.8 Å². The van der Waals surface area contributed by atoms with E-state index >= 15 is 0 Å². The molecule has 2 aromatic carbocycles. The second-order valence-electron chi connectivity index (χ2n) is 10.9. The molecule has 1 heterocycles. The van der Waals surface area contributed by atoms with Gasteiger partial charge < -0.3 is 10.4 Å². The number of carbonyl (C=O) groups is 1. The van der Waals surface area contributed by atoms with E-state index in [1.807, 2.05) is 0 Å². The first-order valence-electron chi connectivity index (χ1n) is 12.2. The minimum absolute atomic E-state index is 0.0276. The van der Waals surface area contributed by atoms with Crippen LogP contribution in [0.25, 0.3) is 5.69 Å². The predicted molar refractivity (Wildman–Crippen MR) is 135 cm³/mol. The molecule has 0 saturated heterocycles. The fourth-order valence-electron chi connectivity index (χ4n) is 7.16. The number of aromatic nitrogens is 2. The van der Waals surface area contributed by atoms with E-state index in [4.69, 9.17) is 23.2 Å². The molecule has 4 aliphatic carbocycles. The molecule has 2 N–H and O–H groups in total. The van der Waals surface area contributed by atoms with Gasteiger partial charge in [0.15, 0.2) is 0 Å². The SMILES string of the molecule is O=C(NC12CC3CC(CC(O)(C3)C1)C2)c1cn(Cc2cccc(F)c2)n(-c2ccc(Cl)cc2Cl)c1=O. The number of hydrogen-bond donors (Lipinski definition) is 2. The summed E-state index contributed by atoms with van der Waals surface area (Å²) in [6.45, 7) is 0.147. The van der Waals surface area contributed by atoms with Gasteiger partial charge in [0.2, 0.25) is 0 Å². The van der Waals surface area contributed by atoms with Crippen LogP contribution in [0, 0.1) is 17.7 Å². The summed E-state index contributed by atoms with van der Waals surface area (Å²) in [6, 6.07) is 10.8. The number of benzene rings is 2. The Kier molecular flexibility index (Phi) is 5.59. The molecule has 188 valence electrons. The zero-order valence-corrected chi connectivity index (χ0v) is 21.0. The van der Waals surface area contributed by atoms with Gasteiger partial charge in [-0.25, -0.2) is 9.07 Å². The van der Waals surface area contributed by atoms with Crippen LogP contribution in [0.3, 0.4) is 0 Å². The zero-order chi connectivity index (χ0) is 25.2. The summed E-state index contributed by atoms with van der Waals surface area (Å²) in [5, 5.41) is 14.9. The van der Waals surface area contributed by atoms with E-state index in [1.54, 1.807) is 28.9 Å². The third-order valence-corrected chi connectivity index (χ3v) is 8.52. The average molecular weight is 530 g/mol. The molecule has 9 heteroatoms. The van der Waals surface area contributed by atoms with Gasteiger partial charge in [0.1, 0.15) is 11.4 Å². The third kappa shape index (κ3) is 4.17. The maximum absolute atomic E-state index is 13.9. The third-order valence-electron chi connectivity index (χ3n) is 7.98. The molecule has 2 unspecified atom stereocenters. The van der Waals surface area contributed by atoms with Crippen molar-refractivity contribution in [2.75, 3.05) is 0 Å². The molecule has 0 radical (unpaired) electrons. The van der Waals surface area contributed by atoms with Crippen molar-refractivity contribution in [2.24, 2.45) is 11.8 Å². The van der Waals surface area contributed by atoms with E-state index < -0.39 is 28.4 Å². The van der Waals surface area contributed by atoms with Gasteiger partial charge in [-0.2, -0.15) is 0 Å². The molecule has 1 amide bonds. The number of amides is 1. The maximum atomic E-state index is 13.9. The highest BCUT2D eigenvalue weighted by Gasteiger charge is 2.57. The fourth-order valence-corrected chi connectivity index (χ4v) is 7.65. The molecule has 1 aromatic heterocycles. The van der Waals surface area contributed by atoms with Gasteiger partial charge in [-0.15, -0.1) is 0 Å². The van der Waals surface area contributed by atoms with Crippen molar-refractivity contribution in [1.82, 2.24) is 14.7 Å². The standard InChI is InChI=1S/C27H26Cl2FN3O3/c28-19-4-5-23(22(29)8-19)33-25(35)21(14-32(33)13-16-2-1-3-20(30)7-16)24(34)31-26-9-17-6-18(10-26)12-27(36,11-17)15-26/h1-5,7-8,14,17-18,36H,6,9-13,15H2,(H,31,34). The Balaban J connectivity index is 1.39. The lowest BCUT2D eigenvalue weighted by Gasteiger charge is -2.60. The predicted octanol–water partition coefficient (Wildman–Crippen LogP) is 4.95. The number of nitrogens with one attached hydrogen (secondary N) is 1. The molecule has 2 atom stereocenters. The first-order chi connectivity index (χ1) is 17.1. The highest BCUT2D eigenvalue weighted by molar-refractivity contribution is 6.35. The summed E-state index contributed by atoms with van der Waals surface area (Å²) >= 11 is 12.5. The molecule has 4 saturated carbocycles. The highest BCUT2D eigenvalue weighted by Crippen LogP contribution is 2.57. The smallest absolute Gasteiger partial charge is 0.284 e. The lowest BCUT2D eigenvalue weighted by atomic mass is 9.51. The van der Waals surface area contributed by atoms with Crippen molar-refractivity contribution in [1.29, 1.82) is 0 Å². The van der Waals surface area contributed by atoms with Crippen molar-refractivity contribution in [3.05, 3.63) is 86.0 Å². The number of rotatable bonds is 5. The molecule has 0 spiro atoms. The van der Waals surface area contributed by atoms with Crippen LogP contribution in [0.15, 0.2) is 53.5 Å². The topological polar surface area (TPSA) is 76.3 Å². The lowest BCUT2D eigenvalue weighted by molar-refractivity contribution is -0.139. The lowest BCUT2D eigenvalue weighted by Crippen LogP contribution is -2.65. The summed E-state index contributed by atoms with van der Waals surface area (Å²) in [6.07, 6.45) is 6.30. The molecule has 4 aliphatic rings. The number of carbonyl (C=O) groups excluding carboxylic acids is 1. The summed E-state index contributed by atoms with van der Waals surface area (Å²) in [5.41, 5.74) is -0.811. The largest absolute Gasteiger partial charge is 0.390 e. The van der Waals surface area contributed by atoms with Gasteiger partial charge in [0.05, 0.1) is 22.9 Å². The van der Waals surface area contributed by atoms with Crippen molar-refractivity contribution in [3.63, 3.8) is 0 Å². The van der Waals surface area contributed by atoms with Crippen LogP contribution in [-0.2, 0) is 6.54 Å². The maximum Gasteiger partial charge on any atom is 0.284 e. The second-order valence-corrected chi connectivity index (χ2v) is 11.7. The summed E-state index contributed by atoms with van der Waals surface area (Å²) in [5.74, 6) is -0.0875. The van der Waals surface area contributed by atoms with Crippen LogP contribution in [0.4, 0.5) is 4.39 Å². The minimum Gasteiger partial charge on any atom is -0.390 e. The van der Waals surface area contributed by atoms with E-state index in [1.165, 1.54) is 29.1 Å². The van der Waals surface area contributed by atoms with Crippen LogP contribution in [0.2, 0.25) is 10.0 Å². The molecule has 7 rings (SSSR count). The van der Waals surface area contributed by atoms with Crippen LogP contribution < -0.4 is 10.9 Å². The number of nitrogens with zero attached hydrogens (tertiary/aromatic N) is 2. The fraction of sp³-hybridized carbons (Fsp3) is 0.407. The molecule has 4 fully saturated rings. The normalized spacial score (nSPS) is 28.4. The Morgan fingerprint density at radius 1 is 1.11 bits per heavy atom. The molecule has 3 aromatic rings.